The fourth-order valence-corrected chi connectivity index (χ4v) is 1.81. The lowest BCUT2D eigenvalue weighted by Gasteiger charge is -2.07. The molecule has 5 heteroatoms. The maximum atomic E-state index is 11.7. The number of carbonyl (C=O) groups is 1. The standard InChI is InChI=1S/C14H16N2O3/c1-3-19-14(17)12-9-15-16(13(12)18-2)10-11-7-5-4-6-8-11/h4-9H,3,10H2,1-2H3. The minimum Gasteiger partial charge on any atom is -0.481 e. The van der Waals surface area contributed by atoms with Crippen LogP contribution < -0.4 is 4.74 Å². The van der Waals surface area contributed by atoms with Crippen molar-refractivity contribution in [2.24, 2.45) is 0 Å². The number of benzene rings is 1. The van der Waals surface area contributed by atoms with Gasteiger partial charge in [-0.05, 0) is 12.5 Å². The van der Waals surface area contributed by atoms with Crippen molar-refractivity contribution < 1.29 is 14.3 Å². The summed E-state index contributed by atoms with van der Waals surface area (Å²) in [6.07, 6.45) is 1.47. The fourth-order valence-electron chi connectivity index (χ4n) is 1.81. The Kier molecular flexibility index (Phi) is 4.18. The Morgan fingerprint density at radius 3 is 2.68 bits per heavy atom. The van der Waals surface area contributed by atoms with Crippen LogP contribution in [0.4, 0.5) is 0 Å². The van der Waals surface area contributed by atoms with E-state index in [9.17, 15) is 4.79 Å². The van der Waals surface area contributed by atoms with E-state index in [-0.39, 0.29) is 0 Å². The number of carbonyl (C=O) groups excluding carboxylic acids is 1. The number of methoxy groups -OCH3 is 1. The summed E-state index contributed by atoms with van der Waals surface area (Å²) in [6.45, 7) is 2.63. The van der Waals surface area contributed by atoms with Gasteiger partial charge in [-0.2, -0.15) is 5.10 Å². The molecule has 0 aliphatic carbocycles. The SMILES string of the molecule is CCOC(=O)c1cnn(Cc2ccccc2)c1OC. The molecule has 0 saturated carbocycles. The van der Waals surface area contributed by atoms with E-state index in [4.69, 9.17) is 9.47 Å². The molecular weight excluding hydrogens is 244 g/mol. The minimum atomic E-state index is -0.418. The molecule has 5 nitrogen and oxygen atoms in total. The molecule has 0 aliphatic rings. The molecule has 0 spiro atoms. The summed E-state index contributed by atoms with van der Waals surface area (Å²) in [4.78, 5) is 11.7. The van der Waals surface area contributed by atoms with Crippen LogP contribution in [0.3, 0.4) is 0 Å². The van der Waals surface area contributed by atoms with Crippen LogP contribution in [0, 0.1) is 0 Å². The lowest BCUT2D eigenvalue weighted by molar-refractivity contribution is 0.0522. The molecule has 0 saturated heterocycles. The Balaban J connectivity index is 2.25. The third-order valence-corrected chi connectivity index (χ3v) is 2.65. The molecule has 1 heterocycles. The maximum Gasteiger partial charge on any atom is 0.345 e. The van der Waals surface area contributed by atoms with Crippen LogP contribution in [0.5, 0.6) is 5.88 Å². The van der Waals surface area contributed by atoms with Crippen molar-refractivity contribution in [1.29, 1.82) is 0 Å². The predicted molar refractivity (Wildman–Crippen MR) is 70.3 cm³/mol. The van der Waals surface area contributed by atoms with Gasteiger partial charge in [-0.1, -0.05) is 30.3 Å². The first kappa shape index (κ1) is 13.1. The molecule has 0 atom stereocenters. The summed E-state index contributed by atoms with van der Waals surface area (Å²) in [7, 11) is 1.52. The topological polar surface area (TPSA) is 53.3 Å². The molecule has 0 aliphatic heterocycles. The van der Waals surface area contributed by atoms with Gasteiger partial charge < -0.3 is 9.47 Å². The molecule has 0 fully saturated rings. The molecular formula is C14H16N2O3. The highest BCUT2D eigenvalue weighted by Crippen LogP contribution is 2.20. The largest absolute Gasteiger partial charge is 0.481 e. The highest BCUT2D eigenvalue weighted by Gasteiger charge is 2.19. The monoisotopic (exact) mass is 260 g/mol. The molecule has 2 aromatic rings. The quantitative estimate of drug-likeness (QED) is 0.773. The summed E-state index contributed by atoms with van der Waals surface area (Å²) < 4.78 is 11.9. The number of rotatable bonds is 5. The Morgan fingerprint density at radius 2 is 2.05 bits per heavy atom. The van der Waals surface area contributed by atoms with Crippen molar-refractivity contribution in [2.45, 2.75) is 13.5 Å². The van der Waals surface area contributed by atoms with Gasteiger partial charge in [0.25, 0.3) is 0 Å². The highest BCUT2D eigenvalue weighted by molar-refractivity contribution is 5.91. The normalized spacial score (nSPS) is 10.2. The summed E-state index contributed by atoms with van der Waals surface area (Å²) in [5.41, 5.74) is 1.43. The van der Waals surface area contributed by atoms with Gasteiger partial charge in [-0.15, -0.1) is 0 Å². The van der Waals surface area contributed by atoms with Crippen LogP contribution in [-0.2, 0) is 11.3 Å². The van der Waals surface area contributed by atoms with E-state index in [1.165, 1.54) is 13.3 Å². The number of hydrogen-bond acceptors (Lipinski definition) is 4. The lowest BCUT2D eigenvalue weighted by atomic mass is 10.2. The van der Waals surface area contributed by atoms with E-state index in [0.29, 0.717) is 24.6 Å². The molecule has 2 rings (SSSR count). The van der Waals surface area contributed by atoms with Gasteiger partial charge in [0, 0.05) is 0 Å². The highest BCUT2D eigenvalue weighted by atomic mass is 16.5. The van der Waals surface area contributed by atoms with Gasteiger partial charge in [0.2, 0.25) is 5.88 Å². The third kappa shape index (κ3) is 2.93. The van der Waals surface area contributed by atoms with Gasteiger partial charge >= 0.3 is 5.97 Å². The Labute approximate surface area is 111 Å². The molecule has 0 bridgehead atoms. The van der Waals surface area contributed by atoms with Crippen LogP contribution in [-0.4, -0.2) is 29.5 Å². The van der Waals surface area contributed by atoms with Crippen molar-refractivity contribution >= 4 is 5.97 Å². The zero-order valence-electron chi connectivity index (χ0n) is 11.0. The van der Waals surface area contributed by atoms with Gasteiger partial charge in [-0.25, -0.2) is 9.48 Å². The summed E-state index contributed by atoms with van der Waals surface area (Å²) >= 11 is 0. The minimum absolute atomic E-state index is 0.325. The van der Waals surface area contributed by atoms with Crippen molar-refractivity contribution in [3.05, 3.63) is 47.7 Å². The van der Waals surface area contributed by atoms with E-state index >= 15 is 0 Å². The maximum absolute atomic E-state index is 11.7. The third-order valence-electron chi connectivity index (χ3n) is 2.65. The summed E-state index contributed by atoms with van der Waals surface area (Å²) in [6, 6.07) is 9.85. The molecule has 19 heavy (non-hydrogen) atoms. The van der Waals surface area contributed by atoms with Crippen LogP contribution in [0.2, 0.25) is 0 Å². The number of hydrogen-bond donors (Lipinski definition) is 0. The average Bonchev–Trinajstić information content (AvgIpc) is 2.83. The van der Waals surface area contributed by atoms with Crippen molar-refractivity contribution in [2.75, 3.05) is 13.7 Å². The molecule has 100 valence electrons. The van der Waals surface area contributed by atoms with E-state index < -0.39 is 5.97 Å². The molecule has 0 unspecified atom stereocenters. The molecule has 0 N–H and O–H groups in total. The smallest absolute Gasteiger partial charge is 0.345 e. The Morgan fingerprint density at radius 1 is 1.32 bits per heavy atom. The van der Waals surface area contributed by atoms with Crippen molar-refractivity contribution in [3.8, 4) is 5.88 Å². The second kappa shape index (κ2) is 6.04. The van der Waals surface area contributed by atoms with Crippen LogP contribution in [0.1, 0.15) is 22.8 Å². The zero-order valence-corrected chi connectivity index (χ0v) is 11.0. The number of esters is 1. The molecule has 0 radical (unpaired) electrons. The van der Waals surface area contributed by atoms with Crippen LogP contribution in [0.25, 0.3) is 0 Å². The molecule has 1 aromatic carbocycles. The van der Waals surface area contributed by atoms with Crippen molar-refractivity contribution in [3.63, 3.8) is 0 Å². The molecule has 0 amide bonds. The van der Waals surface area contributed by atoms with Gasteiger partial charge in [0.15, 0.2) is 0 Å². The van der Waals surface area contributed by atoms with E-state index in [2.05, 4.69) is 5.10 Å². The van der Waals surface area contributed by atoms with Gasteiger partial charge in [0.05, 0.1) is 26.5 Å². The van der Waals surface area contributed by atoms with Gasteiger partial charge in [0.1, 0.15) is 5.56 Å². The second-order valence-electron chi connectivity index (χ2n) is 3.93. The first-order valence-corrected chi connectivity index (χ1v) is 6.07. The summed E-state index contributed by atoms with van der Waals surface area (Å²) in [5.74, 6) is 0.000893. The number of nitrogens with zero attached hydrogens (tertiary/aromatic N) is 2. The number of aromatic nitrogens is 2. The zero-order chi connectivity index (χ0) is 13.7. The van der Waals surface area contributed by atoms with E-state index in [0.717, 1.165) is 5.56 Å². The first-order valence-electron chi connectivity index (χ1n) is 6.07. The Hall–Kier alpha value is -2.30. The summed E-state index contributed by atoms with van der Waals surface area (Å²) in [5, 5.41) is 4.18. The van der Waals surface area contributed by atoms with Crippen LogP contribution in [0.15, 0.2) is 36.5 Å². The van der Waals surface area contributed by atoms with E-state index in [1.807, 2.05) is 30.3 Å². The van der Waals surface area contributed by atoms with Crippen LogP contribution >= 0.6 is 0 Å². The molecule has 1 aromatic heterocycles. The first-order chi connectivity index (χ1) is 9.26. The fraction of sp³-hybridized carbons (Fsp3) is 0.286. The van der Waals surface area contributed by atoms with E-state index in [1.54, 1.807) is 11.6 Å². The second-order valence-corrected chi connectivity index (χ2v) is 3.93. The lowest BCUT2D eigenvalue weighted by Crippen LogP contribution is -2.08. The van der Waals surface area contributed by atoms with Crippen molar-refractivity contribution in [1.82, 2.24) is 9.78 Å². The predicted octanol–water partition coefficient (Wildman–Crippen LogP) is 2.12. The average molecular weight is 260 g/mol. The van der Waals surface area contributed by atoms with Gasteiger partial charge in [-0.3, -0.25) is 0 Å². The Bertz CT molecular complexity index is 549. The number of ether oxygens (including phenoxy) is 2.